The van der Waals surface area contributed by atoms with Crippen LogP contribution in [0.1, 0.15) is 0 Å². The molecular weight excluding hydrogens is 368 g/mol. The first kappa shape index (κ1) is 15.9. The molecule has 0 saturated carbocycles. The lowest BCUT2D eigenvalue weighted by Crippen LogP contribution is -2.54. The monoisotopic (exact) mass is 384 g/mol. The lowest BCUT2D eigenvalue weighted by Gasteiger charge is -2.34. The number of aliphatic hydroxyl groups excluding tert-OH is 1. The molecule has 2 N–H and O–H groups in total. The summed E-state index contributed by atoms with van der Waals surface area (Å²) in [6.45, 7) is 1.24. The molecule has 7 heteroatoms. The van der Waals surface area contributed by atoms with E-state index in [1.807, 2.05) is 24.3 Å². The summed E-state index contributed by atoms with van der Waals surface area (Å²) in [5, 5.41) is 14.4. The van der Waals surface area contributed by atoms with Gasteiger partial charge in [-0.25, -0.2) is 8.42 Å². The van der Waals surface area contributed by atoms with Crippen molar-refractivity contribution in [2.45, 2.75) is 10.9 Å². The number of fused-ring (bicyclic) bond motifs is 1. The van der Waals surface area contributed by atoms with E-state index < -0.39 is 16.1 Å². The van der Waals surface area contributed by atoms with Gasteiger partial charge >= 0.3 is 0 Å². The van der Waals surface area contributed by atoms with Crippen molar-refractivity contribution in [2.75, 3.05) is 26.2 Å². The molecule has 1 aliphatic rings. The van der Waals surface area contributed by atoms with Crippen LogP contribution in [0.4, 0.5) is 0 Å². The van der Waals surface area contributed by atoms with E-state index in [9.17, 15) is 13.5 Å². The van der Waals surface area contributed by atoms with Gasteiger partial charge < -0.3 is 10.4 Å². The molecule has 2 aromatic carbocycles. The van der Waals surface area contributed by atoms with Gasteiger partial charge in [-0.2, -0.15) is 4.31 Å². The van der Waals surface area contributed by atoms with E-state index in [-0.39, 0.29) is 11.5 Å². The fourth-order valence-electron chi connectivity index (χ4n) is 2.70. The molecule has 118 valence electrons. The standard InChI is InChI=1S/C15H17BrN2O3S/c16-13-3-1-12-8-15(4-2-11(12)7-13)22(20,21)18-6-5-17-9-14(18)10-19/h1-4,7-8,14,17,19H,5-6,9-10H2. The predicted octanol–water partition coefficient (Wildman–Crippen LogP) is 1.56. The van der Waals surface area contributed by atoms with Crippen molar-refractivity contribution >= 4 is 36.7 Å². The third-order valence-corrected chi connectivity index (χ3v) is 6.33. The largest absolute Gasteiger partial charge is 0.395 e. The Hall–Kier alpha value is -0.990. The number of halogens is 1. The van der Waals surface area contributed by atoms with Crippen LogP contribution in [-0.4, -0.2) is 50.1 Å². The summed E-state index contributed by atoms with van der Waals surface area (Å²) in [6.07, 6.45) is 0. The van der Waals surface area contributed by atoms with Gasteiger partial charge in [-0.05, 0) is 35.0 Å². The molecule has 1 aliphatic heterocycles. The van der Waals surface area contributed by atoms with Gasteiger partial charge in [0.25, 0.3) is 0 Å². The van der Waals surface area contributed by atoms with E-state index in [0.717, 1.165) is 15.2 Å². The second kappa shape index (κ2) is 6.25. The van der Waals surface area contributed by atoms with Crippen LogP contribution in [0.3, 0.4) is 0 Å². The average molecular weight is 385 g/mol. The van der Waals surface area contributed by atoms with Crippen LogP contribution in [0.15, 0.2) is 45.8 Å². The second-order valence-corrected chi connectivity index (χ2v) is 8.12. The molecule has 2 aromatic rings. The molecular formula is C15H17BrN2O3S. The molecule has 1 heterocycles. The van der Waals surface area contributed by atoms with Crippen molar-refractivity contribution in [1.82, 2.24) is 9.62 Å². The molecule has 3 rings (SSSR count). The normalized spacial score (nSPS) is 20.4. The fraction of sp³-hybridized carbons (Fsp3) is 0.333. The fourth-order valence-corrected chi connectivity index (χ4v) is 4.74. The number of hydrogen-bond acceptors (Lipinski definition) is 4. The number of hydrogen-bond donors (Lipinski definition) is 2. The van der Waals surface area contributed by atoms with Gasteiger partial charge in [-0.1, -0.05) is 28.1 Å². The molecule has 1 fully saturated rings. The highest BCUT2D eigenvalue weighted by molar-refractivity contribution is 9.10. The number of benzene rings is 2. The Morgan fingerprint density at radius 2 is 1.95 bits per heavy atom. The maximum Gasteiger partial charge on any atom is 0.243 e. The third kappa shape index (κ3) is 2.91. The van der Waals surface area contributed by atoms with Crippen LogP contribution in [0.5, 0.6) is 0 Å². The van der Waals surface area contributed by atoms with Gasteiger partial charge in [0.05, 0.1) is 17.5 Å². The van der Waals surface area contributed by atoms with Crippen LogP contribution < -0.4 is 5.32 Å². The Labute approximate surface area is 138 Å². The minimum absolute atomic E-state index is 0.188. The van der Waals surface area contributed by atoms with Gasteiger partial charge in [0, 0.05) is 24.1 Å². The Morgan fingerprint density at radius 1 is 1.23 bits per heavy atom. The van der Waals surface area contributed by atoms with Crippen LogP contribution in [0.2, 0.25) is 0 Å². The second-order valence-electron chi connectivity index (χ2n) is 5.31. The quantitative estimate of drug-likeness (QED) is 0.842. The summed E-state index contributed by atoms with van der Waals surface area (Å²) < 4.78 is 28.0. The molecule has 0 bridgehead atoms. The van der Waals surface area contributed by atoms with E-state index in [2.05, 4.69) is 21.2 Å². The number of piperazine rings is 1. The van der Waals surface area contributed by atoms with Crippen LogP contribution in [0, 0.1) is 0 Å². The zero-order valence-electron chi connectivity index (χ0n) is 11.9. The Balaban J connectivity index is 2.02. The van der Waals surface area contributed by atoms with Gasteiger partial charge in [0.2, 0.25) is 10.0 Å². The van der Waals surface area contributed by atoms with Crippen LogP contribution in [0.25, 0.3) is 10.8 Å². The number of sulfonamides is 1. The minimum Gasteiger partial charge on any atom is -0.395 e. The molecule has 1 unspecified atom stereocenters. The van der Waals surface area contributed by atoms with E-state index in [1.54, 1.807) is 12.1 Å². The van der Waals surface area contributed by atoms with Crippen molar-refractivity contribution in [3.05, 3.63) is 40.9 Å². The maximum atomic E-state index is 12.8. The molecule has 0 radical (unpaired) electrons. The first-order valence-corrected chi connectivity index (χ1v) is 9.28. The summed E-state index contributed by atoms with van der Waals surface area (Å²) in [5.41, 5.74) is 0. The van der Waals surface area contributed by atoms with Gasteiger partial charge in [-0.15, -0.1) is 0 Å². The number of aliphatic hydroxyl groups is 1. The summed E-state index contributed by atoms with van der Waals surface area (Å²) in [7, 11) is -3.60. The predicted molar refractivity (Wildman–Crippen MR) is 89.3 cm³/mol. The highest BCUT2D eigenvalue weighted by Gasteiger charge is 2.33. The zero-order valence-corrected chi connectivity index (χ0v) is 14.3. The van der Waals surface area contributed by atoms with Gasteiger partial charge in [0.15, 0.2) is 0 Å². The van der Waals surface area contributed by atoms with E-state index in [1.165, 1.54) is 4.31 Å². The Bertz CT molecular complexity index is 794. The number of nitrogens with one attached hydrogen (secondary N) is 1. The van der Waals surface area contributed by atoms with Crippen molar-refractivity contribution in [3.63, 3.8) is 0 Å². The highest BCUT2D eigenvalue weighted by Crippen LogP contribution is 2.25. The van der Waals surface area contributed by atoms with Gasteiger partial charge in [-0.3, -0.25) is 0 Å². The highest BCUT2D eigenvalue weighted by atomic mass is 79.9. The smallest absolute Gasteiger partial charge is 0.243 e. The van der Waals surface area contributed by atoms with Crippen molar-refractivity contribution < 1.29 is 13.5 Å². The van der Waals surface area contributed by atoms with Crippen molar-refractivity contribution in [1.29, 1.82) is 0 Å². The Morgan fingerprint density at radius 3 is 2.73 bits per heavy atom. The van der Waals surface area contributed by atoms with Gasteiger partial charge in [0.1, 0.15) is 0 Å². The lowest BCUT2D eigenvalue weighted by atomic mass is 10.1. The topological polar surface area (TPSA) is 69.6 Å². The van der Waals surface area contributed by atoms with E-state index in [0.29, 0.717) is 19.6 Å². The average Bonchev–Trinajstić information content (AvgIpc) is 2.54. The van der Waals surface area contributed by atoms with Crippen LogP contribution >= 0.6 is 15.9 Å². The molecule has 22 heavy (non-hydrogen) atoms. The maximum absolute atomic E-state index is 12.8. The number of rotatable bonds is 3. The summed E-state index contributed by atoms with van der Waals surface area (Å²) in [5.74, 6) is 0. The number of nitrogens with zero attached hydrogens (tertiary/aromatic N) is 1. The third-order valence-electron chi connectivity index (χ3n) is 3.89. The van der Waals surface area contributed by atoms with E-state index in [4.69, 9.17) is 0 Å². The van der Waals surface area contributed by atoms with E-state index >= 15 is 0 Å². The molecule has 0 spiro atoms. The molecule has 1 atom stereocenters. The van der Waals surface area contributed by atoms with Crippen molar-refractivity contribution in [2.24, 2.45) is 0 Å². The molecule has 5 nitrogen and oxygen atoms in total. The van der Waals surface area contributed by atoms with Crippen LogP contribution in [-0.2, 0) is 10.0 Å². The summed E-state index contributed by atoms with van der Waals surface area (Å²) in [6, 6.07) is 10.4. The summed E-state index contributed by atoms with van der Waals surface area (Å²) in [4.78, 5) is 0.266. The zero-order chi connectivity index (χ0) is 15.7. The molecule has 1 saturated heterocycles. The SMILES string of the molecule is O=S(=O)(c1ccc2cc(Br)ccc2c1)N1CCNCC1CO. The Kier molecular flexibility index (Phi) is 4.52. The molecule has 0 amide bonds. The lowest BCUT2D eigenvalue weighted by molar-refractivity contribution is 0.165. The minimum atomic E-state index is -3.60. The first-order valence-electron chi connectivity index (χ1n) is 7.05. The first-order chi connectivity index (χ1) is 10.5. The summed E-state index contributed by atoms with van der Waals surface area (Å²) >= 11 is 3.41. The van der Waals surface area contributed by atoms with Crippen molar-refractivity contribution in [3.8, 4) is 0 Å². The molecule has 0 aliphatic carbocycles. The molecule has 0 aromatic heterocycles.